The number of thiocarbonyl (C=S) groups is 1. The fourth-order valence-electron chi connectivity index (χ4n) is 5.99. The molecule has 6 rings (SSSR count). The molecule has 0 aliphatic carbocycles. The van der Waals surface area contributed by atoms with Crippen LogP contribution >= 0.6 is 12.2 Å². The van der Waals surface area contributed by atoms with E-state index in [9.17, 15) is 18.8 Å². The first-order chi connectivity index (χ1) is 17.9. The summed E-state index contributed by atoms with van der Waals surface area (Å²) < 4.78 is 20.0. The Bertz CT molecular complexity index is 1500. The number of ether oxygens (including phenoxy) is 1. The molecule has 0 saturated carbocycles. The van der Waals surface area contributed by atoms with Gasteiger partial charge in [-0.05, 0) is 36.8 Å². The summed E-state index contributed by atoms with van der Waals surface area (Å²) in [5.41, 5.74) is -1.03. The predicted molar refractivity (Wildman–Crippen MR) is 138 cm³/mol. The molecule has 3 aromatic carbocycles. The minimum absolute atomic E-state index is 0.0233. The number of esters is 1. The molecular formula is C28H22FN3O4S. The zero-order valence-electron chi connectivity index (χ0n) is 19.8. The topological polar surface area (TPSA) is 87.7 Å². The number of anilines is 2. The Morgan fingerprint density at radius 3 is 2.54 bits per heavy atom. The second-order valence-electron chi connectivity index (χ2n) is 9.29. The van der Waals surface area contributed by atoms with Crippen LogP contribution in [0.25, 0.3) is 0 Å². The van der Waals surface area contributed by atoms with Crippen LogP contribution < -0.4 is 15.5 Å². The van der Waals surface area contributed by atoms with Crippen LogP contribution in [0, 0.1) is 11.7 Å². The standard InChI is InChI=1S/C28H22FN3O4S/c1-2-36-23(33)22-27(19-14-17(29)12-13-20(19)30-24(27)34)25(37)31-28(22)18-10-6-7-11-21(18)32(26(28)35)15-16-8-4-3-5-9-16/h3-14,22H,2,15H2,1H3,(H,30,34)(H,31,37). The van der Waals surface area contributed by atoms with Gasteiger partial charge < -0.3 is 20.3 Å². The summed E-state index contributed by atoms with van der Waals surface area (Å²) in [4.78, 5) is 43.6. The number of amides is 2. The van der Waals surface area contributed by atoms with E-state index in [1.54, 1.807) is 36.1 Å². The first kappa shape index (κ1) is 23.3. The molecule has 7 nitrogen and oxygen atoms in total. The monoisotopic (exact) mass is 515 g/mol. The summed E-state index contributed by atoms with van der Waals surface area (Å²) in [5, 5.41) is 5.87. The largest absolute Gasteiger partial charge is 0.466 e. The average Bonchev–Trinajstić information content (AvgIpc) is 3.43. The molecule has 9 heteroatoms. The van der Waals surface area contributed by atoms with Crippen molar-refractivity contribution in [3.63, 3.8) is 0 Å². The Hall–Kier alpha value is -4.11. The van der Waals surface area contributed by atoms with Crippen LogP contribution in [0.5, 0.6) is 0 Å². The Labute approximate surface area is 217 Å². The first-order valence-corrected chi connectivity index (χ1v) is 12.3. The summed E-state index contributed by atoms with van der Waals surface area (Å²) >= 11 is 5.75. The van der Waals surface area contributed by atoms with Crippen molar-refractivity contribution in [2.75, 3.05) is 16.8 Å². The maximum Gasteiger partial charge on any atom is 0.314 e. The van der Waals surface area contributed by atoms with Gasteiger partial charge in [-0.2, -0.15) is 0 Å². The third-order valence-corrected chi connectivity index (χ3v) is 7.88. The number of rotatable bonds is 4. The van der Waals surface area contributed by atoms with Crippen molar-refractivity contribution in [2.45, 2.75) is 24.4 Å². The summed E-state index contributed by atoms with van der Waals surface area (Å²) in [6.07, 6.45) is 0. The molecule has 37 heavy (non-hydrogen) atoms. The number of para-hydroxylation sites is 1. The number of halogens is 1. The SMILES string of the molecule is CCOC(=O)C1C2(NC(=S)C13C(=O)Nc1ccc(F)cc13)C(=O)N(Cc1ccccc1)c1ccccc12. The molecule has 1 fully saturated rings. The van der Waals surface area contributed by atoms with Crippen molar-refractivity contribution in [2.24, 2.45) is 5.92 Å². The minimum Gasteiger partial charge on any atom is -0.466 e. The van der Waals surface area contributed by atoms with Gasteiger partial charge >= 0.3 is 5.97 Å². The van der Waals surface area contributed by atoms with Crippen molar-refractivity contribution < 1.29 is 23.5 Å². The lowest BCUT2D eigenvalue weighted by Gasteiger charge is -2.33. The van der Waals surface area contributed by atoms with Crippen LogP contribution in [-0.4, -0.2) is 29.4 Å². The van der Waals surface area contributed by atoms with E-state index < -0.39 is 40.5 Å². The van der Waals surface area contributed by atoms with E-state index in [4.69, 9.17) is 17.0 Å². The van der Waals surface area contributed by atoms with E-state index in [2.05, 4.69) is 10.6 Å². The molecule has 1 saturated heterocycles. The molecule has 0 aromatic heterocycles. The Morgan fingerprint density at radius 1 is 1.05 bits per heavy atom. The average molecular weight is 516 g/mol. The maximum absolute atomic E-state index is 14.5. The van der Waals surface area contributed by atoms with Crippen LogP contribution in [0.15, 0.2) is 72.8 Å². The molecule has 2 amide bonds. The molecule has 186 valence electrons. The van der Waals surface area contributed by atoms with Crippen LogP contribution in [0.1, 0.15) is 23.6 Å². The van der Waals surface area contributed by atoms with Gasteiger partial charge in [0.05, 0.1) is 23.8 Å². The number of fused-ring (bicyclic) bond motifs is 4. The number of hydrogen-bond acceptors (Lipinski definition) is 5. The highest BCUT2D eigenvalue weighted by Gasteiger charge is 2.76. The van der Waals surface area contributed by atoms with Crippen LogP contribution in [0.4, 0.5) is 15.8 Å². The molecule has 3 aromatic rings. The third kappa shape index (κ3) is 2.97. The fourth-order valence-corrected chi connectivity index (χ4v) is 6.48. The van der Waals surface area contributed by atoms with E-state index in [-0.39, 0.29) is 23.7 Å². The van der Waals surface area contributed by atoms with E-state index in [1.807, 2.05) is 30.3 Å². The van der Waals surface area contributed by atoms with Crippen molar-refractivity contribution in [1.29, 1.82) is 0 Å². The zero-order chi connectivity index (χ0) is 25.9. The third-order valence-electron chi connectivity index (χ3n) is 7.46. The lowest BCUT2D eigenvalue weighted by molar-refractivity contribution is -0.156. The summed E-state index contributed by atoms with van der Waals surface area (Å²) in [5.74, 6) is -3.82. The van der Waals surface area contributed by atoms with Gasteiger partial charge in [-0.25, -0.2) is 4.39 Å². The smallest absolute Gasteiger partial charge is 0.314 e. The van der Waals surface area contributed by atoms with Crippen LogP contribution in [-0.2, 0) is 36.6 Å². The Kier molecular flexibility index (Phi) is 5.17. The molecule has 3 heterocycles. The highest BCUT2D eigenvalue weighted by molar-refractivity contribution is 7.80. The second-order valence-corrected chi connectivity index (χ2v) is 9.70. The first-order valence-electron chi connectivity index (χ1n) is 11.9. The number of nitrogens with zero attached hydrogens (tertiary/aromatic N) is 1. The van der Waals surface area contributed by atoms with E-state index in [0.29, 0.717) is 16.9 Å². The van der Waals surface area contributed by atoms with Crippen LogP contribution in [0.2, 0.25) is 0 Å². The number of hydrogen-bond donors (Lipinski definition) is 2. The molecule has 3 atom stereocenters. The van der Waals surface area contributed by atoms with Gasteiger partial charge in [-0.3, -0.25) is 14.4 Å². The molecule has 2 N–H and O–H groups in total. The van der Waals surface area contributed by atoms with Gasteiger partial charge in [-0.1, -0.05) is 60.7 Å². The molecule has 3 unspecified atom stereocenters. The number of nitrogens with one attached hydrogen (secondary N) is 2. The highest BCUT2D eigenvalue weighted by atomic mass is 32.1. The van der Waals surface area contributed by atoms with Gasteiger partial charge in [0.25, 0.3) is 5.91 Å². The molecule has 0 radical (unpaired) electrons. The molecular weight excluding hydrogens is 493 g/mol. The predicted octanol–water partition coefficient (Wildman–Crippen LogP) is 3.57. The van der Waals surface area contributed by atoms with Gasteiger partial charge in [0, 0.05) is 16.8 Å². The summed E-state index contributed by atoms with van der Waals surface area (Å²) in [7, 11) is 0. The zero-order valence-corrected chi connectivity index (χ0v) is 20.6. The Balaban J connectivity index is 1.60. The molecule has 3 aliphatic rings. The fraction of sp³-hybridized carbons (Fsp3) is 0.214. The van der Waals surface area contributed by atoms with Crippen LogP contribution in [0.3, 0.4) is 0 Å². The van der Waals surface area contributed by atoms with Crippen molar-refractivity contribution in [3.8, 4) is 0 Å². The normalized spacial score (nSPS) is 25.3. The molecule has 0 bridgehead atoms. The quantitative estimate of drug-likeness (QED) is 0.408. The number of benzene rings is 3. The summed E-state index contributed by atoms with van der Waals surface area (Å²) in [6.45, 7) is 1.91. The van der Waals surface area contributed by atoms with E-state index in [1.165, 1.54) is 18.2 Å². The van der Waals surface area contributed by atoms with Crippen molar-refractivity contribution in [1.82, 2.24) is 5.32 Å². The van der Waals surface area contributed by atoms with Crippen molar-refractivity contribution >= 4 is 46.4 Å². The van der Waals surface area contributed by atoms with Gasteiger partial charge in [0.1, 0.15) is 17.2 Å². The molecule has 2 spiro atoms. The van der Waals surface area contributed by atoms with Gasteiger partial charge in [-0.15, -0.1) is 0 Å². The minimum atomic E-state index is -1.83. The lowest BCUT2D eigenvalue weighted by Crippen LogP contribution is -2.56. The number of carbonyl (C=O) groups excluding carboxylic acids is 3. The van der Waals surface area contributed by atoms with E-state index in [0.717, 1.165) is 5.56 Å². The van der Waals surface area contributed by atoms with Crippen molar-refractivity contribution in [3.05, 3.63) is 95.3 Å². The molecule has 3 aliphatic heterocycles. The van der Waals surface area contributed by atoms with Gasteiger partial charge in [0.15, 0.2) is 5.54 Å². The number of carbonyl (C=O) groups is 3. The van der Waals surface area contributed by atoms with E-state index >= 15 is 0 Å². The highest BCUT2D eigenvalue weighted by Crippen LogP contribution is 2.59. The summed E-state index contributed by atoms with van der Waals surface area (Å²) in [6, 6.07) is 20.4. The lowest BCUT2D eigenvalue weighted by atomic mass is 9.65. The maximum atomic E-state index is 14.5. The Morgan fingerprint density at radius 2 is 1.78 bits per heavy atom. The second kappa shape index (κ2) is 8.21. The van der Waals surface area contributed by atoms with Gasteiger partial charge in [0.2, 0.25) is 5.91 Å².